The van der Waals surface area contributed by atoms with Gasteiger partial charge in [-0.1, -0.05) is 45.9 Å². The SMILES string of the molecule is CCC(C)c1ccccc1OCCC(C)(CO)NC(C)C. The minimum atomic E-state index is -0.292. The summed E-state index contributed by atoms with van der Waals surface area (Å²) in [6, 6.07) is 8.59. The molecule has 0 fully saturated rings. The number of aliphatic hydroxyl groups excluding tert-OH is 1. The van der Waals surface area contributed by atoms with Crippen molar-refractivity contribution in [1.29, 1.82) is 0 Å². The summed E-state index contributed by atoms with van der Waals surface area (Å²) in [7, 11) is 0. The van der Waals surface area contributed by atoms with Crippen LogP contribution in [0, 0.1) is 0 Å². The lowest BCUT2D eigenvalue weighted by Gasteiger charge is -2.31. The topological polar surface area (TPSA) is 41.5 Å². The van der Waals surface area contributed by atoms with Crippen LogP contribution in [-0.2, 0) is 0 Å². The van der Waals surface area contributed by atoms with Gasteiger partial charge in [0.1, 0.15) is 5.75 Å². The molecule has 0 bridgehead atoms. The summed E-state index contributed by atoms with van der Waals surface area (Å²) >= 11 is 0. The zero-order valence-corrected chi connectivity index (χ0v) is 14.1. The van der Waals surface area contributed by atoms with Gasteiger partial charge in [-0.2, -0.15) is 0 Å². The molecule has 0 aromatic heterocycles. The number of ether oxygens (including phenoxy) is 1. The molecule has 0 aliphatic carbocycles. The Balaban J connectivity index is 2.63. The second kappa shape index (κ2) is 8.40. The zero-order chi connectivity index (χ0) is 15.9. The van der Waals surface area contributed by atoms with Crippen LogP contribution >= 0.6 is 0 Å². The Labute approximate surface area is 129 Å². The highest BCUT2D eigenvalue weighted by atomic mass is 16.5. The average molecular weight is 293 g/mol. The van der Waals surface area contributed by atoms with Gasteiger partial charge in [-0.25, -0.2) is 0 Å². The summed E-state index contributed by atoms with van der Waals surface area (Å²) in [6.07, 6.45) is 1.88. The fourth-order valence-electron chi connectivity index (χ4n) is 2.52. The Morgan fingerprint density at radius 3 is 2.48 bits per heavy atom. The molecule has 0 amide bonds. The van der Waals surface area contributed by atoms with E-state index in [9.17, 15) is 5.11 Å². The lowest BCUT2D eigenvalue weighted by molar-refractivity contribution is 0.136. The Bertz CT molecular complexity index is 419. The lowest BCUT2D eigenvalue weighted by Crippen LogP contribution is -2.50. The second-order valence-electron chi connectivity index (χ2n) is 6.46. The number of aliphatic hydroxyl groups is 1. The largest absolute Gasteiger partial charge is 0.493 e. The molecule has 0 heterocycles. The number of rotatable bonds is 9. The first-order chi connectivity index (χ1) is 9.91. The van der Waals surface area contributed by atoms with Gasteiger partial charge >= 0.3 is 0 Å². The van der Waals surface area contributed by atoms with Crippen LogP contribution in [0.3, 0.4) is 0 Å². The van der Waals surface area contributed by atoms with Crippen molar-refractivity contribution >= 4 is 0 Å². The van der Waals surface area contributed by atoms with Crippen molar-refractivity contribution < 1.29 is 9.84 Å². The van der Waals surface area contributed by atoms with E-state index in [1.54, 1.807) is 0 Å². The summed E-state index contributed by atoms with van der Waals surface area (Å²) in [5.41, 5.74) is 0.974. The first-order valence-corrected chi connectivity index (χ1v) is 8.02. The van der Waals surface area contributed by atoms with E-state index in [1.807, 2.05) is 19.1 Å². The molecule has 0 aliphatic heterocycles. The molecule has 21 heavy (non-hydrogen) atoms. The van der Waals surface area contributed by atoms with Crippen LogP contribution in [0.5, 0.6) is 5.75 Å². The Kier molecular flexibility index (Phi) is 7.20. The minimum Gasteiger partial charge on any atom is -0.493 e. The zero-order valence-electron chi connectivity index (χ0n) is 14.1. The van der Waals surface area contributed by atoms with Gasteiger partial charge in [0, 0.05) is 18.0 Å². The van der Waals surface area contributed by atoms with E-state index in [0.29, 0.717) is 18.6 Å². The van der Waals surface area contributed by atoms with Crippen molar-refractivity contribution in [1.82, 2.24) is 5.32 Å². The maximum absolute atomic E-state index is 9.59. The number of hydrogen-bond donors (Lipinski definition) is 2. The van der Waals surface area contributed by atoms with Crippen molar-refractivity contribution in [3.63, 3.8) is 0 Å². The van der Waals surface area contributed by atoms with E-state index in [1.165, 1.54) is 5.56 Å². The van der Waals surface area contributed by atoms with Gasteiger partial charge < -0.3 is 15.2 Å². The Morgan fingerprint density at radius 1 is 1.24 bits per heavy atom. The molecule has 3 nitrogen and oxygen atoms in total. The maximum Gasteiger partial charge on any atom is 0.122 e. The van der Waals surface area contributed by atoms with E-state index in [0.717, 1.165) is 18.6 Å². The molecule has 120 valence electrons. The van der Waals surface area contributed by atoms with Crippen LogP contribution in [-0.4, -0.2) is 29.9 Å². The third kappa shape index (κ3) is 5.68. The lowest BCUT2D eigenvalue weighted by atomic mass is 9.97. The molecule has 2 N–H and O–H groups in total. The molecule has 1 aromatic rings. The number of nitrogens with one attached hydrogen (secondary N) is 1. The maximum atomic E-state index is 9.59. The summed E-state index contributed by atoms with van der Waals surface area (Å²) in [5.74, 6) is 1.47. The van der Waals surface area contributed by atoms with Crippen molar-refractivity contribution in [3.05, 3.63) is 29.8 Å². The normalized spacial score (nSPS) is 15.8. The van der Waals surface area contributed by atoms with Gasteiger partial charge in [0.05, 0.1) is 13.2 Å². The van der Waals surface area contributed by atoms with Gasteiger partial charge in [0.25, 0.3) is 0 Å². The Morgan fingerprint density at radius 2 is 1.90 bits per heavy atom. The molecular formula is C18H31NO2. The Hall–Kier alpha value is -1.06. The number of benzene rings is 1. The van der Waals surface area contributed by atoms with Gasteiger partial charge in [-0.15, -0.1) is 0 Å². The second-order valence-corrected chi connectivity index (χ2v) is 6.46. The van der Waals surface area contributed by atoms with Gasteiger partial charge in [-0.3, -0.25) is 0 Å². The first kappa shape index (κ1) is 18.0. The van der Waals surface area contributed by atoms with Gasteiger partial charge in [0.2, 0.25) is 0 Å². The van der Waals surface area contributed by atoms with Gasteiger partial charge in [-0.05, 0) is 30.9 Å². The first-order valence-electron chi connectivity index (χ1n) is 8.02. The summed E-state index contributed by atoms with van der Waals surface area (Å²) in [6.45, 7) is 11.3. The van der Waals surface area contributed by atoms with Crippen LogP contribution in [0.1, 0.15) is 58.9 Å². The predicted octanol–water partition coefficient (Wildman–Crippen LogP) is 3.72. The highest BCUT2D eigenvalue weighted by molar-refractivity contribution is 5.35. The third-order valence-electron chi connectivity index (χ3n) is 3.96. The molecule has 0 spiro atoms. The molecule has 0 radical (unpaired) electrons. The number of hydrogen-bond acceptors (Lipinski definition) is 3. The molecular weight excluding hydrogens is 262 g/mol. The molecule has 0 saturated heterocycles. The van der Waals surface area contributed by atoms with E-state index >= 15 is 0 Å². The molecule has 1 aromatic carbocycles. The average Bonchev–Trinajstić information content (AvgIpc) is 2.46. The van der Waals surface area contributed by atoms with Crippen molar-refractivity contribution in [2.45, 2.75) is 65.0 Å². The fraction of sp³-hybridized carbons (Fsp3) is 0.667. The van der Waals surface area contributed by atoms with E-state index < -0.39 is 0 Å². The standard InChI is InChI=1S/C18H31NO2/c1-6-15(4)16-9-7-8-10-17(16)21-12-11-18(5,13-20)19-14(2)3/h7-10,14-15,19-20H,6,11-13H2,1-5H3. The van der Waals surface area contributed by atoms with Crippen LogP contribution in [0.2, 0.25) is 0 Å². The van der Waals surface area contributed by atoms with Crippen LogP contribution in [0.25, 0.3) is 0 Å². The molecule has 2 atom stereocenters. The van der Waals surface area contributed by atoms with Crippen LogP contribution in [0.4, 0.5) is 0 Å². The molecule has 0 saturated carbocycles. The van der Waals surface area contributed by atoms with Crippen LogP contribution in [0.15, 0.2) is 24.3 Å². The van der Waals surface area contributed by atoms with E-state index in [4.69, 9.17) is 4.74 Å². The van der Waals surface area contributed by atoms with Crippen molar-refractivity contribution in [2.75, 3.05) is 13.2 Å². The fourth-order valence-corrected chi connectivity index (χ4v) is 2.52. The van der Waals surface area contributed by atoms with E-state index in [2.05, 4.69) is 45.1 Å². The minimum absolute atomic E-state index is 0.113. The molecule has 0 aliphatic rings. The molecule has 1 rings (SSSR count). The molecule has 2 unspecified atom stereocenters. The summed E-state index contributed by atoms with van der Waals surface area (Å²) in [4.78, 5) is 0. The van der Waals surface area contributed by atoms with Gasteiger partial charge in [0.15, 0.2) is 0 Å². The smallest absolute Gasteiger partial charge is 0.122 e. The predicted molar refractivity (Wildman–Crippen MR) is 89.0 cm³/mol. The van der Waals surface area contributed by atoms with Crippen molar-refractivity contribution in [3.8, 4) is 5.75 Å². The number of para-hydroxylation sites is 1. The van der Waals surface area contributed by atoms with Crippen molar-refractivity contribution in [2.24, 2.45) is 0 Å². The van der Waals surface area contributed by atoms with Crippen LogP contribution < -0.4 is 10.1 Å². The summed E-state index contributed by atoms with van der Waals surface area (Å²) in [5, 5.41) is 13.0. The third-order valence-corrected chi connectivity index (χ3v) is 3.96. The highest BCUT2D eigenvalue weighted by Gasteiger charge is 2.24. The molecule has 3 heteroatoms. The quantitative estimate of drug-likeness (QED) is 0.729. The highest BCUT2D eigenvalue weighted by Crippen LogP contribution is 2.28. The van der Waals surface area contributed by atoms with E-state index in [-0.39, 0.29) is 12.1 Å². The summed E-state index contributed by atoms with van der Waals surface area (Å²) < 4.78 is 5.99. The monoisotopic (exact) mass is 293 g/mol.